The number of hydrogen-bond donors (Lipinski definition) is 0. The van der Waals surface area contributed by atoms with Crippen LogP contribution in [0.15, 0.2) is 0 Å². The van der Waals surface area contributed by atoms with Crippen LogP contribution in [-0.4, -0.2) is 22.4 Å². The van der Waals surface area contributed by atoms with Crippen LogP contribution < -0.4 is 4.74 Å². The van der Waals surface area contributed by atoms with Crippen LogP contribution in [0.25, 0.3) is 0 Å². The maximum absolute atomic E-state index is 11.6. The summed E-state index contributed by atoms with van der Waals surface area (Å²) >= 11 is 0. The van der Waals surface area contributed by atoms with E-state index >= 15 is 0 Å². The van der Waals surface area contributed by atoms with Crippen LogP contribution in [0.4, 0.5) is 0 Å². The van der Waals surface area contributed by atoms with Gasteiger partial charge in [-0.3, -0.25) is 4.79 Å². The quantitative estimate of drug-likeness (QED) is 0.761. The Morgan fingerprint density at radius 1 is 1.10 bits per heavy atom. The van der Waals surface area contributed by atoms with Crippen LogP contribution >= 0.6 is 0 Å². The van der Waals surface area contributed by atoms with Crippen molar-refractivity contribution in [2.24, 2.45) is 0 Å². The van der Waals surface area contributed by atoms with E-state index < -0.39 is 0 Å². The Hall–Kier alpha value is -1.45. The summed E-state index contributed by atoms with van der Waals surface area (Å²) in [4.78, 5) is 20.7. The van der Waals surface area contributed by atoms with Gasteiger partial charge in [0.15, 0.2) is 6.29 Å². The zero-order chi connectivity index (χ0) is 15.4. The molecule has 1 heterocycles. The highest BCUT2D eigenvalue weighted by Gasteiger charge is 2.25. The summed E-state index contributed by atoms with van der Waals surface area (Å²) < 4.78 is 5.70. The molecule has 0 bridgehead atoms. The van der Waals surface area contributed by atoms with Crippen molar-refractivity contribution in [3.8, 4) is 6.01 Å². The molecule has 1 fully saturated rings. The fourth-order valence-electron chi connectivity index (χ4n) is 2.99. The molecular formula is C17H26N2O2. The second-order valence-corrected chi connectivity index (χ2v) is 6.46. The first-order valence-corrected chi connectivity index (χ1v) is 8.06. The number of carbonyl (C=O) groups is 1. The minimum absolute atomic E-state index is 0.0336. The van der Waals surface area contributed by atoms with Gasteiger partial charge in [-0.15, -0.1) is 0 Å². The number of carbonyl (C=O) groups excluding carboxylic acids is 1. The van der Waals surface area contributed by atoms with Crippen molar-refractivity contribution in [1.82, 2.24) is 9.97 Å². The van der Waals surface area contributed by atoms with Gasteiger partial charge in [0, 0.05) is 5.92 Å². The van der Waals surface area contributed by atoms with Gasteiger partial charge in [0.25, 0.3) is 0 Å². The van der Waals surface area contributed by atoms with Crippen LogP contribution in [-0.2, 0) is 0 Å². The highest BCUT2D eigenvalue weighted by atomic mass is 16.5. The molecule has 0 N–H and O–H groups in total. The molecule has 0 saturated heterocycles. The summed E-state index contributed by atoms with van der Waals surface area (Å²) in [7, 11) is 0. The Balaban J connectivity index is 2.47. The highest BCUT2D eigenvalue weighted by molar-refractivity contribution is 5.79. The Kier molecular flexibility index (Phi) is 5.32. The van der Waals surface area contributed by atoms with Crippen molar-refractivity contribution in [3.63, 3.8) is 0 Å². The fourth-order valence-corrected chi connectivity index (χ4v) is 2.99. The van der Waals surface area contributed by atoms with Gasteiger partial charge in [-0.2, -0.15) is 9.97 Å². The first-order valence-electron chi connectivity index (χ1n) is 8.06. The lowest BCUT2D eigenvalue weighted by Gasteiger charge is -2.24. The summed E-state index contributed by atoms with van der Waals surface area (Å²) in [6.07, 6.45) is 6.89. The van der Waals surface area contributed by atoms with Gasteiger partial charge in [-0.25, -0.2) is 0 Å². The van der Waals surface area contributed by atoms with Crippen molar-refractivity contribution >= 4 is 6.29 Å². The molecule has 0 aromatic carbocycles. The lowest BCUT2D eigenvalue weighted by molar-refractivity contribution is 0.111. The molecular weight excluding hydrogens is 264 g/mol. The average molecular weight is 290 g/mol. The second kappa shape index (κ2) is 7.01. The molecule has 1 aliphatic carbocycles. The molecule has 2 rings (SSSR count). The SMILES string of the molecule is CC(C)Oc1nc(C(C)C)c(C=O)c(C2CCCCC2)n1. The Bertz CT molecular complexity index is 492. The minimum atomic E-state index is 0.0336. The Morgan fingerprint density at radius 2 is 1.76 bits per heavy atom. The molecule has 0 amide bonds. The standard InChI is InChI=1S/C17H26N2O2/c1-11(2)15-14(10-20)16(13-8-6-5-7-9-13)19-17(18-15)21-12(3)4/h10-13H,5-9H2,1-4H3. The lowest BCUT2D eigenvalue weighted by atomic mass is 9.84. The zero-order valence-corrected chi connectivity index (χ0v) is 13.6. The van der Waals surface area contributed by atoms with Gasteiger partial charge in [-0.05, 0) is 32.6 Å². The summed E-state index contributed by atoms with van der Waals surface area (Å²) in [5, 5.41) is 0. The third-order valence-corrected chi connectivity index (χ3v) is 3.98. The van der Waals surface area contributed by atoms with E-state index in [2.05, 4.69) is 23.8 Å². The number of aromatic nitrogens is 2. The molecule has 1 aromatic rings. The molecule has 0 unspecified atom stereocenters. The number of nitrogens with zero attached hydrogens (tertiary/aromatic N) is 2. The second-order valence-electron chi connectivity index (χ2n) is 6.46. The summed E-state index contributed by atoms with van der Waals surface area (Å²) in [6.45, 7) is 8.04. The van der Waals surface area contributed by atoms with E-state index in [1.165, 1.54) is 19.3 Å². The zero-order valence-electron chi connectivity index (χ0n) is 13.6. The number of aldehydes is 1. The van der Waals surface area contributed by atoms with E-state index in [1.54, 1.807) is 0 Å². The van der Waals surface area contributed by atoms with Gasteiger partial charge in [-0.1, -0.05) is 33.1 Å². The predicted molar refractivity (Wildman–Crippen MR) is 83.1 cm³/mol. The van der Waals surface area contributed by atoms with E-state index in [9.17, 15) is 4.79 Å². The van der Waals surface area contributed by atoms with Gasteiger partial charge >= 0.3 is 6.01 Å². The first-order chi connectivity index (χ1) is 10.0. The van der Waals surface area contributed by atoms with Crippen LogP contribution in [0, 0.1) is 0 Å². The van der Waals surface area contributed by atoms with Crippen molar-refractivity contribution in [2.75, 3.05) is 0 Å². The van der Waals surface area contributed by atoms with Gasteiger partial charge in [0.05, 0.1) is 23.1 Å². The lowest BCUT2D eigenvalue weighted by Crippen LogP contribution is -2.17. The van der Waals surface area contributed by atoms with Crippen LogP contribution in [0.2, 0.25) is 0 Å². The van der Waals surface area contributed by atoms with E-state index in [1.807, 2.05) is 13.8 Å². The molecule has 1 aromatic heterocycles. The number of ether oxygens (including phenoxy) is 1. The maximum Gasteiger partial charge on any atom is 0.317 e. The molecule has 4 heteroatoms. The van der Waals surface area contributed by atoms with E-state index in [4.69, 9.17) is 4.74 Å². The molecule has 4 nitrogen and oxygen atoms in total. The van der Waals surface area contributed by atoms with Crippen molar-refractivity contribution in [1.29, 1.82) is 0 Å². The van der Waals surface area contributed by atoms with Crippen molar-refractivity contribution in [2.45, 2.75) is 77.7 Å². The number of rotatable bonds is 5. The molecule has 116 valence electrons. The first kappa shape index (κ1) is 15.9. The van der Waals surface area contributed by atoms with Gasteiger partial charge in [0.2, 0.25) is 0 Å². The molecule has 0 spiro atoms. The Morgan fingerprint density at radius 3 is 2.29 bits per heavy atom. The fraction of sp³-hybridized carbons (Fsp3) is 0.706. The van der Waals surface area contributed by atoms with E-state index in [0.717, 1.165) is 30.5 Å². The number of hydrogen-bond acceptors (Lipinski definition) is 4. The van der Waals surface area contributed by atoms with Crippen LogP contribution in [0.5, 0.6) is 6.01 Å². The smallest absolute Gasteiger partial charge is 0.317 e. The molecule has 1 saturated carbocycles. The molecule has 0 atom stereocenters. The molecule has 1 aliphatic rings. The molecule has 21 heavy (non-hydrogen) atoms. The summed E-state index contributed by atoms with van der Waals surface area (Å²) in [5.74, 6) is 0.555. The Labute approximate surface area is 127 Å². The van der Waals surface area contributed by atoms with Crippen LogP contribution in [0.3, 0.4) is 0 Å². The topological polar surface area (TPSA) is 52.1 Å². The van der Waals surface area contributed by atoms with Crippen molar-refractivity contribution in [3.05, 3.63) is 17.0 Å². The third-order valence-electron chi connectivity index (χ3n) is 3.98. The highest BCUT2D eigenvalue weighted by Crippen LogP contribution is 2.35. The summed E-state index contributed by atoms with van der Waals surface area (Å²) in [5.41, 5.74) is 2.41. The summed E-state index contributed by atoms with van der Waals surface area (Å²) in [6, 6.07) is 0.417. The average Bonchev–Trinajstić information content (AvgIpc) is 2.46. The molecule has 0 radical (unpaired) electrons. The van der Waals surface area contributed by atoms with E-state index in [0.29, 0.717) is 17.5 Å². The van der Waals surface area contributed by atoms with E-state index in [-0.39, 0.29) is 12.0 Å². The monoisotopic (exact) mass is 290 g/mol. The largest absolute Gasteiger partial charge is 0.461 e. The molecule has 0 aliphatic heterocycles. The normalized spacial score (nSPS) is 16.5. The van der Waals surface area contributed by atoms with Crippen LogP contribution in [0.1, 0.15) is 93.4 Å². The predicted octanol–water partition coefficient (Wildman–Crippen LogP) is 4.25. The van der Waals surface area contributed by atoms with Gasteiger partial charge in [0.1, 0.15) is 0 Å². The maximum atomic E-state index is 11.6. The minimum Gasteiger partial charge on any atom is -0.461 e. The third kappa shape index (κ3) is 3.80. The van der Waals surface area contributed by atoms with Gasteiger partial charge < -0.3 is 4.74 Å². The van der Waals surface area contributed by atoms with Crippen molar-refractivity contribution < 1.29 is 9.53 Å².